The van der Waals surface area contributed by atoms with Crippen molar-refractivity contribution in [3.8, 4) is 17.2 Å². The molecule has 1 aromatic heterocycles. The summed E-state index contributed by atoms with van der Waals surface area (Å²) in [6, 6.07) is 16.2. The Morgan fingerprint density at radius 1 is 1.00 bits per heavy atom. The lowest BCUT2D eigenvalue weighted by Gasteiger charge is -2.13. The number of rotatable bonds is 9. The Bertz CT molecular complexity index is 937. The summed E-state index contributed by atoms with van der Waals surface area (Å²) in [5.41, 5.74) is 3.35. The minimum absolute atomic E-state index is 0.602. The number of guanidine groups is 1. The van der Waals surface area contributed by atoms with E-state index >= 15 is 0 Å². The average molecular weight is 408 g/mol. The van der Waals surface area contributed by atoms with Gasteiger partial charge in [0, 0.05) is 25.5 Å². The molecule has 0 spiro atoms. The number of nitrogens with one attached hydrogen (secondary N) is 2. The van der Waals surface area contributed by atoms with E-state index in [9.17, 15) is 0 Å². The van der Waals surface area contributed by atoms with Gasteiger partial charge in [0.1, 0.15) is 0 Å². The zero-order valence-corrected chi connectivity index (χ0v) is 17.8. The van der Waals surface area contributed by atoms with E-state index in [0.29, 0.717) is 6.54 Å². The number of benzene rings is 2. The van der Waals surface area contributed by atoms with E-state index in [0.717, 1.165) is 48.2 Å². The molecule has 0 atom stereocenters. The zero-order chi connectivity index (χ0) is 21.2. The predicted molar refractivity (Wildman–Crippen MR) is 120 cm³/mol. The molecule has 3 aromatic rings. The van der Waals surface area contributed by atoms with Gasteiger partial charge in [-0.3, -0.25) is 0 Å². The van der Waals surface area contributed by atoms with E-state index in [2.05, 4.69) is 46.9 Å². The molecular weight excluding hydrogens is 378 g/mol. The molecule has 0 aliphatic heterocycles. The summed E-state index contributed by atoms with van der Waals surface area (Å²) >= 11 is 0. The van der Waals surface area contributed by atoms with Crippen LogP contribution >= 0.6 is 0 Å². The molecule has 2 aromatic carbocycles. The van der Waals surface area contributed by atoms with Crippen molar-refractivity contribution in [2.75, 3.05) is 27.3 Å². The van der Waals surface area contributed by atoms with Crippen molar-refractivity contribution >= 4 is 5.96 Å². The molecular formula is C23H29N5O2. The largest absolute Gasteiger partial charge is 0.493 e. The van der Waals surface area contributed by atoms with E-state index in [-0.39, 0.29) is 0 Å². The van der Waals surface area contributed by atoms with Gasteiger partial charge in [-0.05, 0) is 54.8 Å². The molecule has 0 aliphatic rings. The summed E-state index contributed by atoms with van der Waals surface area (Å²) < 4.78 is 12.5. The molecule has 0 radical (unpaired) electrons. The number of aromatic nitrogens is 2. The van der Waals surface area contributed by atoms with Crippen LogP contribution in [0.15, 0.2) is 65.9 Å². The van der Waals surface area contributed by atoms with Gasteiger partial charge < -0.3 is 20.1 Å². The minimum atomic E-state index is 0.602. The number of hydrogen-bond donors (Lipinski definition) is 2. The first-order chi connectivity index (χ1) is 14.7. The molecule has 3 rings (SSSR count). The quantitative estimate of drug-likeness (QED) is 0.421. The Labute approximate surface area is 177 Å². The van der Waals surface area contributed by atoms with Gasteiger partial charge in [0.05, 0.1) is 26.5 Å². The van der Waals surface area contributed by atoms with Crippen molar-refractivity contribution in [2.24, 2.45) is 4.99 Å². The molecule has 0 unspecified atom stereocenters. The van der Waals surface area contributed by atoms with Gasteiger partial charge in [-0.15, -0.1) is 0 Å². The second-order valence-electron chi connectivity index (χ2n) is 6.68. The Morgan fingerprint density at radius 3 is 2.43 bits per heavy atom. The van der Waals surface area contributed by atoms with Crippen LogP contribution in [0.1, 0.15) is 18.1 Å². The van der Waals surface area contributed by atoms with Crippen LogP contribution in [0.3, 0.4) is 0 Å². The van der Waals surface area contributed by atoms with E-state index in [1.54, 1.807) is 20.4 Å². The van der Waals surface area contributed by atoms with Gasteiger partial charge in [0.25, 0.3) is 0 Å². The first-order valence-corrected chi connectivity index (χ1v) is 10.1. The van der Waals surface area contributed by atoms with E-state index < -0.39 is 0 Å². The molecule has 0 amide bonds. The normalized spacial score (nSPS) is 11.2. The fourth-order valence-electron chi connectivity index (χ4n) is 3.05. The second-order valence-corrected chi connectivity index (χ2v) is 6.68. The van der Waals surface area contributed by atoms with Gasteiger partial charge in [-0.2, -0.15) is 5.10 Å². The summed E-state index contributed by atoms with van der Waals surface area (Å²) in [6.45, 7) is 4.23. The molecule has 0 bridgehead atoms. The molecule has 2 N–H and O–H groups in total. The fraction of sp³-hybridized carbons (Fsp3) is 0.304. The molecule has 0 saturated heterocycles. The average Bonchev–Trinajstić information content (AvgIpc) is 3.32. The molecule has 158 valence electrons. The van der Waals surface area contributed by atoms with Gasteiger partial charge in [-0.25, -0.2) is 9.67 Å². The maximum absolute atomic E-state index is 5.38. The van der Waals surface area contributed by atoms with Crippen LogP contribution in [0.4, 0.5) is 0 Å². The van der Waals surface area contributed by atoms with E-state index in [1.807, 2.05) is 35.1 Å². The highest BCUT2D eigenvalue weighted by molar-refractivity contribution is 5.79. The summed E-state index contributed by atoms with van der Waals surface area (Å²) in [4.78, 5) is 4.70. The van der Waals surface area contributed by atoms with Crippen LogP contribution in [-0.2, 0) is 13.0 Å². The minimum Gasteiger partial charge on any atom is -0.493 e. The highest BCUT2D eigenvalue weighted by Gasteiger charge is 2.05. The van der Waals surface area contributed by atoms with Crippen LogP contribution in [0.25, 0.3) is 5.69 Å². The van der Waals surface area contributed by atoms with Crippen molar-refractivity contribution in [2.45, 2.75) is 19.9 Å². The molecule has 7 nitrogen and oxygen atoms in total. The molecule has 30 heavy (non-hydrogen) atoms. The zero-order valence-electron chi connectivity index (χ0n) is 17.8. The first-order valence-electron chi connectivity index (χ1n) is 10.1. The van der Waals surface area contributed by atoms with Crippen molar-refractivity contribution in [3.05, 3.63) is 72.1 Å². The number of hydrogen-bond acceptors (Lipinski definition) is 4. The lowest BCUT2D eigenvalue weighted by molar-refractivity contribution is 0.354. The topological polar surface area (TPSA) is 72.7 Å². The Kier molecular flexibility index (Phi) is 7.71. The monoisotopic (exact) mass is 407 g/mol. The number of aliphatic imine (C=N–C) groups is 1. The SMILES string of the molecule is CCNC(=NCc1ccc(-n2cccn2)cc1)NCCc1ccc(OC)c(OC)c1. The summed E-state index contributed by atoms with van der Waals surface area (Å²) in [5.74, 6) is 2.28. The lowest BCUT2D eigenvalue weighted by atomic mass is 10.1. The van der Waals surface area contributed by atoms with Crippen LogP contribution in [0, 0.1) is 0 Å². The summed E-state index contributed by atoms with van der Waals surface area (Å²) in [5, 5.41) is 10.9. The molecule has 0 aliphatic carbocycles. The van der Waals surface area contributed by atoms with Crippen LogP contribution in [0.2, 0.25) is 0 Å². The standard InChI is InChI=1S/C23H29N5O2/c1-4-24-23(25-14-12-18-8-11-21(29-2)22(16-18)30-3)26-17-19-6-9-20(10-7-19)28-15-5-13-27-28/h5-11,13,15-16H,4,12,14,17H2,1-3H3,(H2,24,25,26). The summed E-state index contributed by atoms with van der Waals surface area (Å²) in [7, 11) is 3.29. The molecule has 1 heterocycles. The smallest absolute Gasteiger partial charge is 0.191 e. The maximum atomic E-state index is 5.38. The molecule has 0 fully saturated rings. The molecule has 7 heteroatoms. The van der Waals surface area contributed by atoms with Crippen molar-refractivity contribution in [1.82, 2.24) is 20.4 Å². The second kappa shape index (κ2) is 10.9. The fourth-order valence-corrected chi connectivity index (χ4v) is 3.05. The van der Waals surface area contributed by atoms with Crippen LogP contribution < -0.4 is 20.1 Å². The highest BCUT2D eigenvalue weighted by atomic mass is 16.5. The third-order valence-corrected chi connectivity index (χ3v) is 4.62. The van der Waals surface area contributed by atoms with Crippen LogP contribution in [0.5, 0.6) is 11.5 Å². The predicted octanol–water partition coefficient (Wildman–Crippen LogP) is 3.19. The van der Waals surface area contributed by atoms with Crippen molar-refractivity contribution in [1.29, 1.82) is 0 Å². The van der Waals surface area contributed by atoms with E-state index in [4.69, 9.17) is 14.5 Å². The van der Waals surface area contributed by atoms with Gasteiger partial charge in [-0.1, -0.05) is 18.2 Å². The lowest BCUT2D eigenvalue weighted by Crippen LogP contribution is -2.38. The molecule has 0 saturated carbocycles. The Morgan fingerprint density at radius 2 is 1.77 bits per heavy atom. The Hall–Kier alpha value is -3.48. The van der Waals surface area contributed by atoms with Crippen LogP contribution in [-0.4, -0.2) is 43.0 Å². The highest BCUT2D eigenvalue weighted by Crippen LogP contribution is 2.27. The van der Waals surface area contributed by atoms with Crippen molar-refractivity contribution < 1.29 is 9.47 Å². The van der Waals surface area contributed by atoms with E-state index in [1.165, 1.54) is 5.56 Å². The third kappa shape index (κ3) is 5.76. The van der Waals surface area contributed by atoms with Gasteiger partial charge >= 0.3 is 0 Å². The number of nitrogens with zero attached hydrogens (tertiary/aromatic N) is 3. The number of ether oxygens (including phenoxy) is 2. The third-order valence-electron chi connectivity index (χ3n) is 4.62. The first kappa shape index (κ1) is 21.2. The Balaban J connectivity index is 1.55. The van der Waals surface area contributed by atoms with Gasteiger partial charge in [0.2, 0.25) is 0 Å². The number of methoxy groups -OCH3 is 2. The maximum Gasteiger partial charge on any atom is 0.191 e. The van der Waals surface area contributed by atoms with Crippen molar-refractivity contribution in [3.63, 3.8) is 0 Å². The summed E-state index contributed by atoms with van der Waals surface area (Å²) in [6.07, 6.45) is 4.55. The van der Waals surface area contributed by atoms with Gasteiger partial charge in [0.15, 0.2) is 17.5 Å².